The molecule has 0 spiro atoms. The van der Waals surface area contributed by atoms with E-state index >= 15 is 0 Å². The molecule has 0 saturated heterocycles. The van der Waals surface area contributed by atoms with E-state index in [1.165, 1.54) is 0 Å². The predicted octanol–water partition coefficient (Wildman–Crippen LogP) is 4.01. The third-order valence-corrected chi connectivity index (χ3v) is 2.84. The van der Waals surface area contributed by atoms with Crippen molar-refractivity contribution in [2.45, 2.75) is 0 Å². The summed E-state index contributed by atoms with van der Waals surface area (Å²) in [5.41, 5.74) is 0.721. The molecule has 2 aromatic rings. The monoisotopic (exact) mass is 295 g/mol. The summed E-state index contributed by atoms with van der Waals surface area (Å²) in [5, 5.41) is 3.60. The molecule has 98 valence electrons. The molecule has 0 aliphatic rings. The molecule has 0 fully saturated rings. The van der Waals surface area contributed by atoms with E-state index in [-0.39, 0.29) is 12.5 Å². The van der Waals surface area contributed by atoms with Crippen molar-refractivity contribution in [3.05, 3.63) is 58.6 Å². The molecule has 1 N–H and O–H groups in total. The van der Waals surface area contributed by atoms with Gasteiger partial charge in [0, 0.05) is 10.7 Å². The molecule has 1 amide bonds. The SMILES string of the molecule is O=C(COc1ccc(Cl)cc1Cl)Nc1ccccc1. The minimum Gasteiger partial charge on any atom is -0.482 e. The van der Waals surface area contributed by atoms with Crippen LogP contribution in [0.2, 0.25) is 10.0 Å². The molecule has 0 heterocycles. The Morgan fingerprint density at radius 2 is 1.84 bits per heavy atom. The number of anilines is 1. The van der Waals surface area contributed by atoms with Crippen molar-refractivity contribution in [1.29, 1.82) is 0 Å². The van der Waals surface area contributed by atoms with Crippen LogP contribution < -0.4 is 10.1 Å². The Kier molecular flexibility index (Phi) is 4.66. The van der Waals surface area contributed by atoms with Crippen molar-refractivity contribution in [2.24, 2.45) is 0 Å². The van der Waals surface area contributed by atoms with Gasteiger partial charge in [0.25, 0.3) is 5.91 Å². The van der Waals surface area contributed by atoms with Crippen molar-refractivity contribution in [3.8, 4) is 5.75 Å². The smallest absolute Gasteiger partial charge is 0.262 e. The minimum absolute atomic E-state index is 0.115. The van der Waals surface area contributed by atoms with Gasteiger partial charge in [-0.05, 0) is 30.3 Å². The summed E-state index contributed by atoms with van der Waals surface area (Å²) in [6.07, 6.45) is 0. The molecule has 19 heavy (non-hydrogen) atoms. The van der Waals surface area contributed by atoms with Gasteiger partial charge in [0.05, 0.1) is 5.02 Å². The van der Waals surface area contributed by atoms with Gasteiger partial charge in [-0.15, -0.1) is 0 Å². The molecule has 0 aliphatic carbocycles. The molecule has 0 bridgehead atoms. The first-order valence-corrected chi connectivity index (χ1v) is 6.33. The van der Waals surface area contributed by atoms with Gasteiger partial charge in [0.15, 0.2) is 6.61 Å². The van der Waals surface area contributed by atoms with Gasteiger partial charge in [-0.25, -0.2) is 0 Å². The van der Waals surface area contributed by atoms with Crippen molar-refractivity contribution >= 4 is 34.8 Å². The topological polar surface area (TPSA) is 38.3 Å². The standard InChI is InChI=1S/C14H11Cl2NO2/c15-10-6-7-13(12(16)8-10)19-9-14(18)17-11-4-2-1-3-5-11/h1-8H,9H2,(H,17,18). The first kappa shape index (κ1) is 13.7. The largest absolute Gasteiger partial charge is 0.482 e. The van der Waals surface area contributed by atoms with Crippen LogP contribution in [0.3, 0.4) is 0 Å². The van der Waals surface area contributed by atoms with E-state index in [0.717, 1.165) is 5.69 Å². The zero-order valence-corrected chi connectivity index (χ0v) is 11.4. The number of carbonyl (C=O) groups is 1. The van der Waals surface area contributed by atoms with E-state index in [0.29, 0.717) is 15.8 Å². The number of amides is 1. The first-order chi connectivity index (χ1) is 9.15. The van der Waals surface area contributed by atoms with E-state index < -0.39 is 0 Å². The lowest BCUT2D eigenvalue weighted by Crippen LogP contribution is -2.20. The number of rotatable bonds is 4. The fourth-order valence-electron chi connectivity index (χ4n) is 1.45. The summed E-state index contributed by atoms with van der Waals surface area (Å²) >= 11 is 11.7. The normalized spacial score (nSPS) is 10.0. The van der Waals surface area contributed by atoms with Crippen molar-refractivity contribution in [3.63, 3.8) is 0 Å². The summed E-state index contributed by atoms with van der Waals surface area (Å²) in [5.74, 6) is 0.173. The van der Waals surface area contributed by atoms with E-state index in [4.69, 9.17) is 27.9 Å². The van der Waals surface area contributed by atoms with E-state index in [9.17, 15) is 4.79 Å². The Morgan fingerprint density at radius 3 is 2.53 bits per heavy atom. The number of halogens is 2. The maximum absolute atomic E-state index is 11.7. The molecular weight excluding hydrogens is 285 g/mol. The maximum atomic E-state index is 11.7. The number of nitrogens with one attached hydrogen (secondary N) is 1. The number of ether oxygens (including phenoxy) is 1. The second-order valence-electron chi connectivity index (χ2n) is 3.78. The highest BCUT2D eigenvalue weighted by Crippen LogP contribution is 2.27. The second-order valence-corrected chi connectivity index (χ2v) is 4.62. The van der Waals surface area contributed by atoms with Gasteiger partial charge in [-0.2, -0.15) is 0 Å². The summed E-state index contributed by atoms with van der Waals surface area (Å²) in [7, 11) is 0. The summed E-state index contributed by atoms with van der Waals surface area (Å²) in [6.45, 7) is -0.115. The van der Waals surface area contributed by atoms with Gasteiger partial charge in [-0.3, -0.25) is 4.79 Å². The van der Waals surface area contributed by atoms with Crippen molar-refractivity contribution < 1.29 is 9.53 Å². The lowest BCUT2D eigenvalue weighted by molar-refractivity contribution is -0.118. The highest BCUT2D eigenvalue weighted by Gasteiger charge is 2.06. The van der Waals surface area contributed by atoms with Gasteiger partial charge in [0.2, 0.25) is 0 Å². The number of carbonyl (C=O) groups excluding carboxylic acids is 1. The fraction of sp³-hybridized carbons (Fsp3) is 0.0714. The number of hydrogen-bond acceptors (Lipinski definition) is 2. The molecule has 0 radical (unpaired) electrons. The molecule has 0 unspecified atom stereocenters. The van der Waals surface area contributed by atoms with Crippen LogP contribution in [0.15, 0.2) is 48.5 Å². The number of benzene rings is 2. The highest BCUT2D eigenvalue weighted by molar-refractivity contribution is 6.35. The molecule has 2 aromatic carbocycles. The third-order valence-electron chi connectivity index (χ3n) is 2.31. The van der Waals surface area contributed by atoms with Crippen LogP contribution >= 0.6 is 23.2 Å². The van der Waals surface area contributed by atoms with Crippen LogP contribution in [-0.4, -0.2) is 12.5 Å². The van der Waals surface area contributed by atoms with Crippen LogP contribution in [0.25, 0.3) is 0 Å². The third kappa shape index (κ3) is 4.16. The van der Waals surface area contributed by atoms with Crippen LogP contribution in [0.4, 0.5) is 5.69 Å². The van der Waals surface area contributed by atoms with E-state index in [1.807, 2.05) is 18.2 Å². The summed E-state index contributed by atoms with van der Waals surface area (Å²) in [6, 6.07) is 14.0. The fourth-order valence-corrected chi connectivity index (χ4v) is 1.92. The molecule has 0 saturated carbocycles. The molecular formula is C14H11Cl2NO2. The molecule has 2 rings (SSSR count). The lowest BCUT2D eigenvalue weighted by Gasteiger charge is -2.08. The Morgan fingerprint density at radius 1 is 1.11 bits per heavy atom. The van der Waals surface area contributed by atoms with Gasteiger partial charge in [-0.1, -0.05) is 41.4 Å². The van der Waals surface area contributed by atoms with Crippen LogP contribution in [0.5, 0.6) is 5.75 Å². The van der Waals surface area contributed by atoms with Crippen molar-refractivity contribution in [2.75, 3.05) is 11.9 Å². The molecule has 0 aromatic heterocycles. The predicted molar refractivity (Wildman–Crippen MR) is 77.0 cm³/mol. The molecule has 0 aliphatic heterocycles. The Bertz CT molecular complexity index is 573. The van der Waals surface area contributed by atoms with Gasteiger partial charge >= 0.3 is 0 Å². The van der Waals surface area contributed by atoms with Gasteiger partial charge < -0.3 is 10.1 Å². The second kappa shape index (κ2) is 6.45. The molecule has 3 nitrogen and oxygen atoms in total. The van der Waals surface area contributed by atoms with E-state index in [2.05, 4.69) is 5.32 Å². The Balaban J connectivity index is 1.90. The van der Waals surface area contributed by atoms with E-state index in [1.54, 1.807) is 30.3 Å². The Hall–Kier alpha value is -1.71. The number of hydrogen-bond donors (Lipinski definition) is 1. The molecule has 5 heteroatoms. The Labute approximate surface area is 121 Å². The maximum Gasteiger partial charge on any atom is 0.262 e. The first-order valence-electron chi connectivity index (χ1n) is 5.58. The van der Waals surface area contributed by atoms with Crippen LogP contribution in [0, 0.1) is 0 Å². The average Bonchev–Trinajstić information content (AvgIpc) is 2.39. The van der Waals surface area contributed by atoms with Gasteiger partial charge in [0.1, 0.15) is 5.75 Å². The quantitative estimate of drug-likeness (QED) is 0.925. The van der Waals surface area contributed by atoms with Crippen molar-refractivity contribution in [1.82, 2.24) is 0 Å². The lowest BCUT2D eigenvalue weighted by atomic mass is 10.3. The van der Waals surface area contributed by atoms with Crippen LogP contribution in [0.1, 0.15) is 0 Å². The number of para-hydroxylation sites is 1. The highest BCUT2D eigenvalue weighted by atomic mass is 35.5. The van der Waals surface area contributed by atoms with Crippen LogP contribution in [-0.2, 0) is 4.79 Å². The summed E-state index contributed by atoms with van der Waals surface area (Å²) < 4.78 is 5.32. The zero-order chi connectivity index (χ0) is 13.7. The molecule has 0 atom stereocenters. The minimum atomic E-state index is -0.253. The summed E-state index contributed by atoms with van der Waals surface area (Å²) in [4.78, 5) is 11.7. The zero-order valence-electron chi connectivity index (χ0n) is 9.90. The average molecular weight is 296 g/mol.